The van der Waals surface area contributed by atoms with Gasteiger partial charge in [0, 0.05) is 4.47 Å². The summed E-state index contributed by atoms with van der Waals surface area (Å²) in [4.78, 5) is 0. The fourth-order valence-corrected chi connectivity index (χ4v) is 1.52. The molecule has 4 nitrogen and oxygen atoms in total. The van der Waals surface area contributed by atoms with E-state index in [1.165, 1.54) is 13.3 Å². The van der Waals surface area contributed by atoms with Crippen LogP contribution in [-0.4, -0.2) is 25.6 Å². The summed E-state index contributed by atoms with van der Waals surface area (Å²) in [5.74, 6) is 1.12. The van der Waals surface area contributed by atoms with E-state index in [1.807, 2.05) is 0 Å². The molecule has 0 saturated heterocycles. The molecular formula is C9H10BrNO3. The SMILES string of the molecule is COc1ccc(Br)c(/C=N/O)c1OC. The van der Waals surface area contributed by atoms with Crippen LogP contribution in [-0.2, 0) is 0 Å². The maximum atomic E-state index is 8.48. The van der Waals surface area contributed by atoms with E-state index in [9.17, 15) is 0 Å². The molecule has 1 rings (SSSR count). The van der Waals surface area contributed by atoms with Crippen molar-refractivity contribution in [1.82, 2.24) is 0 Å². The first-order chi connectivity index (χ1) is 6.74. The van der Waals surface area contributed by atoms with E-state index in [2.05, 4.69) is 21.1 Å². The highest BCUT2D eigenvalue weighted by Crippen LogP contribution is 2.34. The molecule has 0 bridgehead atoms. The van der Waals surface area contributed by atoms with Gasteiger partial charge < -0.3 is 14.7 Å². The van der Waals surface area contributed by atoms with Crippen molar-refractivity contribution in [1.29, 1.82) is 0 Å². The van der Waals surface area contributed by atoms with Gasteiger partial charge in [-0.05, 0) is 28.1 Å². The van der Waals surface area contributed by atoms with Crippen molar-refractivity contribution < 1.29 is 14.7 Å². The quantitative estimate of drug-likeness (QED) is 0.515. The van der Waals surface area contributed by atoms with Gasteiger partial charge in [-0.2, -0.15) is 0 Å². The standard InChI is InChI=1S/C9H10BrNO3/c1-13-8-4-3-7(10)6(5-11-12)9(8)14-2/h3-5,12H,1-2H3/b11-5+. The summed E-state index contributed by atoms with van der Waals surface area (Å²) in [6.07, 6.45) is 1.28. The van der Waals surface area contributed by atoms with Gasteiger partial charge in [-0.1, -0.05) is 5.16 Å². The molecule has 0 radical (unpaired) electrons. The Kier molecular flexibility index (Phi) is 3.76. The Balaban J connectivity index is 3.34. The summed E-state index contributed by atoms with van der Waals surface area (Å²) in [5, 5.41) is 11.4. The van der Waals surface area contributed by atoms with E-state index in [1.54, 1.807) is 19.2 Å². The molecular weight excluding hydrogens is 250 g/mol. The number of oxime groups is 1. The maximum absolute atomic E-state index is 8.48. The Bertz CT molecular complexity index is 352. The fourth-order valence-electron chi connectivity index (χ4n) is 1.10. The van der Waals surface area contributed by atoms with Crippen LogP contribution in [0, 0.1) is 0 Å². The van der Waals surface area contributed by atoms with Crippen molar-refractivity contribution in [2.45, 2.75) is 0 Å². The highest BCUT2D eigenvalue weighted by atomic mass is 79.9. The van der Waals surface area contributed by atoms with E-state index in [-0.39, 0.29) is 0 Å². The highest BCUT2D eigenvalue weighted by molar-refractivity contribution is 9.10. The molecule has 76 valence electrons. The predicted molar refractivity (Wildman–Crippen MR) is 56.6 cm³/mol. The van der Waals surface area contributed by atoms with Gasteiger partial charge >= 0.3 is 0 Å². The molecule has 0 heterocycles. The van der Waals surface area contributed by atoms with Crippen LogP contribution in [0.5, 0.6) is 11.5 Å². The van der Waals surface area contributed by atoms with Crippen LogP contribution in [0.2, 0.25) is 0 Å². The Labute approximate surface area is 90.3 Å². The average molecular weight is 260 g/mol. The highest BCUT2D eigenvalue weighted by Gasteiger charge is 2.11. The number of benzene rings is 1. The normalized spacial score (nSPS) is 10.5. The van der Waals surface area contributed by atoms with Gasteiger partial charge in [-0.15, -0.1) is 0 Å². The van der Waals surface area contributed by atoms with Crippen LogP contribution in [0.1, 0.15) is 5.56 Å². The van der Waals surface area contributed by atoms with Gasteiger partial charge in [-0.25, -0.2) is 0 Å². The van der Waals surface area contributed by atoms with Gasteiger partial charge in [0.1, 0.15) is 0 Å². The van der Waals surface area contributed by atoms with E-state index >= 15 is 0 Å². The topological polar surface area (TPSA) is 51.0 Å². The minimum atomic E-state index is 0.527. The molecule has 14 heavy (non-hydrogen) atoms. The smallest absolute Gasteiger partial charge is 0.170 e. The molecule has 0 aliphatic carbocycles. The predicted octanol–water partition coefficient (Wildman–Crippen LogP) is 2.27. The second-order valence-corrected chi connectivity index (χ2v) is 3.30. The molecule has 5 heteroatoms. The molecule has 0 aliphatic rings. The van der Waals surface area contributed by atoms with Gasteiger partial charge in [0.15, 0.2) is 11.5 Å². The van der Waals surface area contributed by atoms with E-state index < -0.39 is 0 Å². The largest absolute Gasteiger partial charge is 0.493 e. The van der Waals surface area contributed by atoms with Gasteiger partial charge in [0.2, 0.25) is 0 Å². The number of ether oxygens (including phenoxy) is 2. The van der Waals surface area contributed by atoms with Crippen molar-refractivity contribution in [2.75, 3.05) is 14.2 Å². The first-order valence-corrected chi connectivity index (χ1v) is 4.61. The van der Waals surface area contributed by atoms with Crippen LogP contribution < -0.4 is 9.47 Å². The molecule has 0 saturated carbocycles. The number of rotatable bonds is 3. The van der Waals surface area contributed by atoms with Crippen molar-refractivity contribution in [3.8, 4) is 11.5 Å². The van der Waals surface area contributed by atoms with Crippen LogP contribution in [0.15, 0.2) is 21.8 Å². The minimum Gasteiger partial charge on any atom is -0.493 e. The van der Waals surface area contributed by atoms with Gasteiger partial charge in [0.25, 0.3) is 0 Å². The van der Waals surface area contributed by atoms with Crippen molar-refractivity contribution in [3.63, 3.8) is 0 Å². The number of hydrogen-bond acceptors (Lipinski definition) is 4. The molecule has 1 N–H and O–H groups in total. The van der Waals surface area contributed by atoms with Gasteiger partial charge in [-0.3, -0.25) is 0 Å². The van der Waals surface area contributed by atoms with Gasteiger partial charge in [0.05, 0.1) is 26.0 Å². The van der Waals surface area contributed by atoms with Crippen LogP contribution in [0.25, 0.3) is 0 Å². The molecule has 0 aromatic heterocycles. The fraction of sp³-hybridized carbons (Fsp3) is 0.222. The molecule has 0 atom stereocenters. The zero-order valence-corrected chi connectivity index (χ0v) is 9.41. The van der Waals surface area contributed by atoms with Crippen LogP contribution in [0.3, 0.4) is 0 Å². The Hall–Kier alpha value is -1.23. The summed E-state index contributed by atoms with van der Waals surface area (Å²) in [6.45, 7) is 0. The lowest BCUT2D eigenvalue weighted by atomic mass is 10.2. The molecule has 0 fully saturated rings. The Morgan fingerprint density at radius 2 is 2.07 bits per heavy atom. The number of methoxy groups -OCH3 is 2. The molecule has 0 unspecified atom stereocenters. The zero-order chi connectivity index (χ0) is 10.6. The van der Waals surface area contributed by atoms with Crippen molar-refractivity contribution in [3.05, 3.63) is 22.2 Å². The first-order valence-electron chi connectivity index (χ1n) is 3.82. The average Bonchev–Trinajstić information content (AvgIpc) is 2.21. The summed E-state index contributed by atoms with van der Waals surface area (Å²) >= 11 is 3.31. The van der Waals surface area contributed by atoms with Crippen molar-refractivity contribution in [2.24, 2.45) is 5.16 Å². The van der Waals surface area contributed by atoms with E-state index in [0.29, 0.717) is 17.1 Å². The summed E-state index contributed by atoms with van der Waals surface area (Å²) in [5.41, 5.74) is 0.634. The molecule has 1 aromatic carbocycles. The number of hydrogen-bond donors (Lipinski definition) is 1. The monoisotopic (exact) mass is 259 g/mol. The third kappa shape index (κ3) is 1.98. The number of halogens is 1. The van der Waals surface area contributed by atoms with E-state index in [4.69, 9.17) is 14.7 Å². The second-order valence-electron chi connectivity index (χ2n) is 2.44. The summed E-state index contributed by atoms with van der Waals surface area (Å²) in [7, 11) is 3.07. The maximum Gasteiger partial charge on any atom is 0.170 e. The number of nitrogens with zero attached hydrogens (tertiary/aromatic N) is 1. The minimum absolute atomic E-state index is 0.527. The molecule has 1 aromatic rings. The molecule has 0 spiro atoms. The lowest BCUT2D eigenvalue weighted by molar-refractivity contribution is 0.321. The Morgan fingerprint density at radius 1 is 1.36 bits per heavy atom. The summed E-state index contributed by atoms with van der Waals surface area (Å²) < 4.78 is 11.0. The van der Waals surface area contributed by atoms with Crippen molar-refractivity contribution >= 4 is 22.1 Å². The lowest BCUT2D eigenvalue weighted by Gasteiger charge is -2.10. The van der Waals surface area contributed by atoms with Crippen LogP contribution in [0.4, 0.5) is 0 Å². The van der Waals surface area contributed by atoms with E-state index in [0.717, 1.165) is 4.47 Å². The lowest BCUT2D eigenvalue weighted by Crippen LogP contribution is -1.96. The second kappa shape index (κ2) is 4.85. The summed E-state index contributed by atoms with van der Waals surface area (Å²) in [6, 6.07) is 3.55. The third-order valence-corrected chi connectivity index (χ3v) is 2.41. The van der Waals surface area contributed by atoms with Crippen LogP contribution >= 0.6 is 15.9 Å². The zero-order valence-electron chi connectivity index (χ0n) is 7.82. The molecule has 0 amide bonds. The molecule has 0 aliphatic heterocycles. The first kappa shape index (κ1) is 10.8. The third-order valence-electron chi connectivity index (χ3n) is 1.72. The Morgan fingerprint density at radius 3 is 2.57 bits per heavy atom.